The van der Waals surface area contributed by atoms with E-state index in [1.807, 2.05) is 35.1 Å². The van der Waals surface area contributed by atoms with Crippen LogP contribution < -0.4 is 5.73 Å². The number of fused-ring (bicyclic) bond motifs is 1. The van der Waals surface area contributed by atoms with E-state index < -0.39 is 0 Å². The molecule has 0 spiro atoms. The van der Waals surface area contributed by atoms with Crippen LogP contribution in [0.3, 0.4) is 0 Å². The Balaban J connectivity index is 2.10. The Labute approximate surface area is 111 Å². The number of hydrogen-bond acceptors (Lipinski definition) is 4. The first-order valence-electron chi connectivity index (χ1n) is 6.33. The van der Waals surface area contributed by atoms with Gasteiger partial charge < -0.3 is 5.73 Å². The molecule has 1 aromatic carbocycles. The minimum Gasteiger partial charge on any atom is -0.382 e. The van der Waals surface area contributed by atoms with Crippen molar-refractivity contribution in [2.75, 3.05) is 5.73 Å². The second-order valence-electron chi connectivity index (χ2n) is 4.44. The van der Waals surface area contributed by atoms with Gasteiger partial charge in [0.1, 0.15) is 5.69 Å². The number of para-hydroxylation sites is 2. The summed E-state index contributed by atoms with van der Waals surface area (Å²) < 4.78 is 1.89. The molecule has 19 heavy (non-hydrogen) atoms. The number of anilines is 1. The van der Waals surface area contributed by atoms with Gasteiger partial charge in [-0.25, -0.2) is 9.97 Å². The number of hydrogen-bond donors (Lipinski definition) is 1. The monoisotopic (exact) mass is 253 g/mol. The summed E-state index contributed by atoms with van der Waals surface area (Å²) in [7, 11) is 0. The molecule has 0 amide bonds. The van der Waals surface area contributed by atoms with E-state index in [0.29, 0.717) is 11.5 Å². The maximum absolute atomic E-state index is 5.99. The highest BCUT2D eigenvalue weighted by Gasteiger charge is 2.10. The Kier molecular flexibility index (Phi) is 2.87. The Hall–Kier alpha value is -2.43. The quantitative estimate of drug-likeness (QED) is 0.778. The Morgan fingerprint density at radius 3 is 2.63 bits per heavy atom. The number of nitrogens with two attached hydrogens (primary N) is 1. The molecule has 96 valence electrons. The summed E-state index contributed by atoms with van der Waals surface area (Å²) in [4.78, 5) is 8.96. The minimum absolute atomic E-state index is 0.440. The van der Waals surface area contributed by atoms with Crippen molar-refractivity contribution in [2.24, 2.45) is 0 Å². The Morgan fingerprint density at radius 1 is 1.16 bits per heavy atom. The lowest BCUT2D eigenvalue weighted by Gasteiger charge is -2.04. The number of aryl methyl sites for hydroxylation is 1. The summed E-state index contributed by atoms with van der Waals surface area (Å²) in [5.74, 6) is 0.440. The van der Waals surface area contributed by atoms with Gasteiger partial charge in [-0.1, -0.05) is 19.1 Å². The van der Waals surface area contributed by atoms with Gasteiger partial charge in [-0.3, -0.25) is 4.68 Å². The molecule has 5 nitrogen and oxygen atoms in total. The number of benzene rings is 1. The predicted octanol–water partition coefficient (Wildman–Crippen LogP) is 2.49. The molecule has 2 aromatic heterocycles. The van der Waals surface area contributed by atoms with Crippen LogP contribution >= 0.6 is 0 Å². The summed E-state index contributed by atoms with van der Waals surface area (Å²) in [5, 5.41) is 4.30. The third-order valence-corrected chi connectivity index (χ3v) is 2.96. The van der Waals surface area contributed by atoms with Gasteiger partial charge in [0.2, 0.25) is 0 Å². The van der Waals surface area contributed by atoms with Crippen LogP contribution in [0.4, 0.5) is 5.82 Å². The topological polar surface area (TPSA) is 69.6 Å². The molecular weight excluding hydrogens is 238 g/mol. The number of rotatable bonds is 3. The molecule has 0 aliphatic heterocycles. The zero-order chi connectivity index (χ0) is 13.2. The summed E-state index contributed by atoms with van der Waals surface area (Å²) in [6, 6.07) is 7.71. The summed E-state index contributed by atoms with van der Waals surface area (Å²) >= 11 is 0. The molecule has 0 saturated carbocycles. The van der Waals surface area contributed by atoms with Crippen LogP contribution in [0.25, 0.3) is 22.3 Å². The third kappa shape index (κ3) is 2.14. The summed E-state index contributed by atoms with van der Waals surface area (Å²) in [5.41, 5.74) is 9.25. The van der Waals surface area contributed by atoms with E-state index in [1.54, 1.807) is 6.20 Å². The largest absolute Gasteiger partial charge is 0.382 e. The van der Waals surface area contributed by atoms with Crippen molar-refractivity contribution in [3.8, 4) is 11.3 Å². The zero-order valence-corrected chi connectivity index (χ0v) is 10.7. The fourth-order valence-electron chi connectivity index (χ4n) is 2.06. The van der Waals surface area contributed by atoms with Gasteiger partial charge in [0.15, 0.2) is 5.82 Å². The molecule has 0 unspecified atom stereocenters. The van der Waals surface area contributed by atoms with Gasteiger partial charge in [-0.15, -0.1) is 0 Å². The van der Waals surface area contributed by atoms with Crippen LogP contribution in [0.1, 0.15) is 13.3 Å². The normalized spacial score (nSPS) is 11.0. The standard InChI is InChI=1S/C14H15N5/c1-2-7-19-9-10(8-16-19)13-14(15)18-12-6-4-3-5-11(12)17-13/h3-6,8-9H,2,7H2,1H3,(H2,15,18). The van der Waals surface area contributed by atoms with Gasteiger partial charge in [0, 0.05) is 18.3 Å². The fraction of sp³-hybridized carbons (Fsp3) is 0.214. The molecule has 0 radical (unpaired) electrons. The van der Waals surface area contributed by atoms with Crippen molar-refractivity contribution in [3.05, 3.63) is 36.7 Å². The van der Waals surface area contributed by atoms with Gasteiger partial charge in [-0.05, 0) is 18.6 Å². The van der Waals surface area contributed by atoms with Gasteiger partial charge >= 0.3 is 0 Å². The van der Waals surface area contributed by atoms with Crippen LogP contribution in [0.15, 0.2) is 36.7 Å². The SMILES string of the molecule is CCCn1cc(-c2nc3ccccc3nc2N)cn1. The van der Waals surface area contributed by atoms with Crippen molar-refractivity contribution in [3.63, 3.8) is 0 Å². The van der Waals surface area contributed by atoms with Crippen LogP contribution in [0.5, 0.6) is 0 Å². The second kappa shape index (κ2) is 4.68. The van der Waals surface area contributed by atoms with Crippen molar-refractivity contribution in [2.45, 2.75) is 19.9 Å². The molecule has 0 atom stereocenters. The van der Waals surface area contributed by atoms with Crippen molar-refractivity contribution in [1.29, 1.82) is 0 Å². The highest BCUT2D eigenvalue weighted by Crippen LogP contribution is 2.24. The van der Waals surface area contributed by atoms with Crippen molar-refractivity contribution >= 4 is 16.9 Å². The first-order valence-corrected chi connectivity index (χ1v) is 6.33. The molecule has 0 bridgehead atoms. The van der Waals surface area contributed by atoms with Crippen molar-refractivity contribution < 1.29 is 0 Å². The van der Waals surface area contributed by atoms with Crippen molar-refractivity contribution in [1.82, 2.24) is 19.7 Å². The third-order valence-electron chi connectivity index (χ3n) is 2.96. The van der Waals surface area contributed by atoms with Crippen LogP contribution in [-0.4, -0.2) is 19.7 Å². The van der Waals surface area contributed by atoms with Gasteiger partial charge in [0.05, 0.1) is 17.2 Å². The molecule has 0 aliphatic rings. The molecule has 0 aliphatic carbocycles. The van der Waals surface area contributed by atoms with E-state index in [2.05, 4.69) is 22.0 Å². The Morgan fingerprint density at radius 2 is 1.89 bits per heavy atom. The van der Waals surface area contributed by atoms with Gasteiger partial charge in [0.25, 0.3) is 0 Å². The van der Waals surface area contributed by atoms with E-state index >= 15 is 0 Å². The summed E-state index contributed by atoms with van der Waals surface area (Å²) in [6.07, 6.45) is 4.78. The number of nitrogen functional groups attached to an aromatic ring is 1. The van der Waals surface area contributed by atoms with E-state index in [9.17, 15) is 0 Å². The van der Waals surface area contributed by atoms with Crippen LogP contribution in [0, 0.1) is 0 Å². The van der Waals surface area contributed by atoms with E-state index in [-0.39, 0.29) is 0 Å². The molecule has 2 N–H and O–H groups in total. The highest BCUT2D eigenvalue weighted by atomic mass is 15.3. The molecule has 3 rings (SSSR count). The predicted molar refractivity (Wildman–Crippen MR) is 75.5 cm³/mol. The maximum Gasteiger partial charge on any atom is 0.150 e. The first-order chi connectivity index (χ1) is 9.28. The van der Waals surface area contributed by atoms with Gasteiger partial charge in [-0.2, -0.15) is 5.10 Å². The molecule has 5 heteroatoms. The zero-order valence-electron chi connectivity index (χ0n) is 10.7. The smallest absolute Gasteiger partial charge is 0.150 e. The minimum atomic E-state index is 0.440. The van der Waals surface area contributed by atoms with E-state index in [1.165, 1.54) is 0 Å². The summed E-state index contributed by atoms with van der Waals surface area (Å²) in [6.45, 7) is 3.01. The maximum atomic E-state index is 5.99. The van der Waals surface area contributed by atoms with Crippen LogP contribution in [0.2, 0.25) is 0 Å². The fourth-order valence-corrected chi connectivity index (χ4v) is 2.06. The molecule has 0 saturated heterocycles. The lowest BCUT2D eigenvalue weighted by molar-refractivity contribution is 0.603. The highest BCUT2D eigenvalue weighted by molar-refractivity contribution is 5.81. The lowest BCUT2D eigenvalue weighted by atomic mass is 10.2. The van der Waals surface area contributed by atoms with E-state index in [4.69, 9.17) is 5.73 Å². The van der Waals surface area contributed by atoms with E-state index in [0.717, 1.165) is 29.6 Å². The second-order valence-corrected chi connectivity index (χ2v) is 4.44. The Bertz CT molecular complexity index is 717. The average molecular weight is 253 g/mol. The molecule has 3 aromatic rings. The average Bonchev–Trinajstić information content (AvgIpc) is 2.87. The molecular formula is C14H15N5. The van der Waals surface area contributed by atoms with Crippen LogP contribution in [-0.2, 0) is 6.54 Å². The molecule has 2 heterocycles. The first kappa shape index (κ1) is 11.6. The number of aromatic nitrogens is 4. The lowest BCUT2D eigenvalue weighted by Crippen LogP contribution is -1.98. The number of nitrogens with zero attached hydrogens (tertiary/aromatic N) is 4. The molecule has 0 fully saturated rings.